The first kappa shape index (κ1) is 18.9. The fourth-order valence-electron chi connectivity index (χ4n) is 2.81. The van der Waals surface area contributed by atoms with Gasteiger partial charge in [-0.2, -0.15) is 4.98 Å². The van der Waals surface area contributed by atoms with Gasteiger partial charge in [0, 0.05) is 29.9 Å². The summed E-state index contributed by atoms with van der Waals surface area (Å²) in [5.41, 5.74) is 4.58. The number of nitrogens with zero attached hydrogens (tertiary/aromatic N) is 4. The second kappa shape index (κ2) is 9.18. The molecule has 4 rings (SSSR count). The molecule has 1 unspecified atom stereocenters. The Hall–Kier alpha value is -3.43. The van der Waals surface area contributed by atoms with Gasteiger partial charge in [0.15, 0.2) is 5.82 Å². The zero-order valence-corrected chi connectivity index (χ0v) is 16.3. The smallest absolute Gasteiger partial charge is 0.249 e. The van der Waals surface area contributed by atoms with Crippen LogP contribution in [0, 0.1) is 0 Å². The van der Waals surface area contributed by atoms with Crippen molar-refractivity contribution in [3.63, 3.8) is 0 Å². The highest BCUT2D eigenvalue weighted by molar-refractivity contribution is 7.07. The van der Waals surface area contributed by atoms with E-state index in [1.54, 1.807) is 17.9 Å². The van der Waals surface area contributed by atoms with Crippen LogP contribution in [0.15, 0.2) is 65.7 Å². The number of carbonyl (C=O) groups excluding carboxylic acids is 1. The van der Waals surface area contributed by atoms with Gasteiger partial charge in [-0.1, -0.05) is 30.3 Å². The zero-order valence-electron chi connectivity index (χ0n) is 15.4. The first-order chi connectivity index (χ1) is 14.3. The summed E-state index contributed by atoms with van der Waals surface area (Å²) in [6.45, 7) is 0.505. The van der Waals surface area contributed by atoms with E-state index < -0.39 is 6.04 Å². The van der Waals surface area contributed by atoms with E-state index in [2.05, 4.69) is 35.8 Å². The van der Waals surface area contributed by atoms with Crippen molar-refractivity contribution < 1.29 is 4.79 Å². The molecule has 29 heavy (non-hydrogen) atoms. The maximum absolute atomic E-state index is 12.9. The number of anilines is 1. The first-order valence-electron chi connectivity index (χ1n) is 9.06. The Balaban J connectivity index is 1.46. The molecule has 0 aliphatic heterocycles. The Morgan fingerprint density at radius 2 is 1.97 bits per heavy atom. The number of carbonyl (C=O) groups is 1. The monoisotopic (exact) mass is 405 g/mol. The topological polar surface area (TPSA) is 108 Å². The van der Waals surface area contributed by atoms with Crippen LogP contribution in [0.25, 0.3) is 11.4 Å². The molecule has 3 aromatic heterocycles. The third kappa shape index (κ3) is 5.09. The van der Waals surface area contributed by atoms with Gasteiger partial charge in [-0.15, -0.1) is 16.4 Å². The minimum Gasteiger partial charge on any atom is -0.300 e. The van der Waals surface area contributed by atoms with Crippen molar-refractivity contribution in [2.45, 2.75) is 19.0 Å². The maximum atomic E-state index is 12.9. The predicted molar refractivity (Wildman–Crippen MR) is 111 cm³/mol. The van der Waals surface area contributed by atoms with Gasteiger partial charge in [0.1, 0.15) is 0 Å². The van der Waals surface area contributed by atoms with Crippen molar-refractivity contribution in [2.24, 2.45) is 0 Å². The van der Waals surface area contributed by atoms with E-state index >= 15 is 0 Å². The normalized spacial score (nSPS) is 11.9. The highest BCUT2D eigenvalue weighted by Gasteiger charge is 2.20. The van der Waals surface area contributed by atoms with Gasteiger partial charge >= 0.3 is 0 Å². The Labute approximate surface area is 171 Å². The van der Waals surface area contributed by atoms with Crippen LogP contribution in [0.5, 0.6) is 0 Å². The summed E-state index contributed by atoms with van der Waals surface area (Å²) in [6, 6.07) is 13.1. The van der Waals surface area contributed by atoms with Gasteiger partial charge in [0.25, 0.3) is 0 Å². The van der Waals surface area contributed by atoms with Gasteiger partial charge in [-0.05, 0) is 24.1 Å². The van der Waals surface area contributed by atoms with Gasteiger partial charge < -0.3 is 0 Å². The Kier molecular flexibility index (Phi) is 5.98. The standard InChI is InChI=1S/C20H19N7OS/c28-19(25-20-24-18(26-27-20)15-6-8-21-9-7-15)17(10-14-4-2-1-3-5-14)22-11-16-12-29-13-23-16/h1-9,12-13,17,22H,10-11H2,(H2,24,25,26,27,28). The number of thiazole rings is 1. The lowest BCUT2D eigenvalue weighted by atomic mass is 10.1. The van der Waals surface area contributed by atoms with Gasteiger partial charge in [0.2, 0.25) is 11.9 Å². The zero-order chi connectivity index (χ0) is 19.9. The van der Waals surface area contributed by atoms with E-state index in [0.29, 0.717) is 18.8 Å². The molecule has 4 aromatic rings. The van der Waals surface area contributed by atoms with E-state index in [4.69, 9.17) is 0 Å². The molecule has 1 amide bonds. The summed E-state index contributed by atoms with van der Waals surface area (Å²) in [7, 11) is 0. The lowest BCUT2D eigenvalue weighted by Crippen LogP contribution is -2.42. The summed E-state index contributed by atoms with van der Waals surface area (Å²) in [6.07, 6.45) is 3.89. The molecule has 3 heterocycles. The summed E-state index contributed by atoms with van der Waals surface area (Å²) < 4.78 is 0. The number of aromatic nitrogens is 5. The summed E-state index contributed by atoms with van der Waals surface area (Å²) in [4.78, 5) is 25.5. The second-order valence-electron chi connectivity index (χ2n) is 6.34. The van der Waals surface area contributed by atoms with Gasteiger partial charge in [-0.3, -0.25) is 25.5 Å². The number of hydrogen-bond acceptors (Lipinski definition) is 7. The highest BCUT2D eigenvalue weighted by Crippen LogP contribution is 2.14. The molecule has 1 atom stereocenters. The van der Waals surface area contributed by atoms with Crippen LogP contribution in [0.1, 0.15) is 11.3 Å². The van der Waals surface area contributed by atoms with E-state index in [0.717, 1.165) is 16.8 Å². The Morgan fingerprint density at radius 1 is 1.14 bits per heavy atom. The van der Waals surface area contributed by atoms with E-state index in [1.807, 2.05) is 47.8 Å². The number of amides is 1. The van der Waals surface area contributed by atoms with Crippen LogP contribution >= 0.6 is 11.3 Å². The number of benzene rings is 1. The molecule has 0 aliphatic rings. The molecule has 9 heteroatoms. The van der Waals surface area contributed by atoms with Crippen LogP contribution in [0.4, 0.5) is 5.95 Å². The summed E-state index contributed by atoms with van der Waals surface area (Å²) in [5, 5.41) is 15.0. The molecule has 0 spiro atoms. The fraction of sp³-hybridized carbons (Fsp3) is 0.150. The van der Waals surface area contributed by atoms with Crippen LogP contribution in [-0.4, -0.2) is 37.1 Å². The molecular formula is C20H19N7OS. The molecule has 1 aromatic carbocycles. The van der Waals surface area contributed by atoms with Crippen molar-refractivity contribution in [1.29, 1.82) is 0 Å². The lowest BCUT2D eigenvalue weighted by Gasteiger charge is -2.17. The molecule has 3 N–H and O–H groups in total. The lowest BCUT2D eigenvalue weighted by molar-refractivity contribution is -0.118. The van der Waals surface area contributed by atoms with E-state index in [1.165, 1.54) is 11.3 Å². The Bertz CT molecular complexity index is 1040. The van der Waals surface area contributed by atoms with Crippen molar-refractivity contribution in [2.75, 3.05) is 5.32 Å². The Morgan fingerprint density at radius 3 is 2.72 bits per heavy atom. The number of nitrogens with one attached hydrogen (secondary N) is 3. The molecule has 0 saturated carbocycles. The third-order valence-corrected chi connectivity index (χ3v) is 4.92. The number of rotatable bonds is 8. The molecule has 0 saturated heterocycles. The van der Waals surface area contributed by atoms with E-state index in [-0.39, 0.29) is 11.9 Å². The van der Waals surface area contributed by atoms with Gasteiger partial charge in [-0.25, -0.2) is 4.98 Å². The molecule has 0 radical (unpaired) electrons. The minimum atomic E-state index is -0.457. The van der Waals surface area contributed by atoms with E-state index in [9.17, 15) is 4.79 Å². The molecule has 0 fully saturated rings. The predicted octanol–water partition coefficient (Wildman–Crippen LogP) is 2.66. The molecule has 0 aliphatic carbocycles. The third-order valence-electron chi connectivity index (χ3n) is 4.29. The van der Waals surface area contributed by atoms with Crippen molar-refractivity contribution >= 4 is 23.2 Å². The fourth-order valence-corrected chi connectivity index (χ4v) is 3.37. The average Bonchev–Trinajstić information content (AvgIpc) is 3.45. The van der Waals surface area contributed by atoms with Crippen LogP contribution in [0.2, 0.25) is 0 Å². The second-order valence-corrected chi connectivity index (χ2v) is 7.05. The summed E-state index contributed by atoms with van der Waals surface area (Å²) >= 11 is 1.53. The number of aromatic amines is 1. The van der Waals surface area contributed by atoms with Crippen molar-refractivity contribution in [3.05, 3.63) is 77.0 Å². The molecule has 146 valence electrons. The molecule has 0 bridgehead atoms. The molecule has 8 nitrogen and oxygen atoms in total. The summed E-state index contributed by atoms with van der Waals surface area (Å²) in [5.74, 6) is 0.595. The van der Waals surface area contributed by atoms with Crippen LogP contribution < -0.4 is 10.6 Å². The number of H-pyrrole nitrogens is 1. The average molecular weight is 405 g/mol. The van der Waals surface area contributed by atoms with Crippen LogP contribution in [-0.2, 0) is 17.8 Å². The van der Waals surface area contributed by atoms with Crippen LogP contribution in [0.3, 0.4) is 0 Å². The van der Waals surface area contributed by atoms with Crippen molar-refractivity contribution in [1.82, 2.24) is 30.5 Å². The highest BCUT2D eigenvalue weighted by atomic mass is 32.1. The minimum absolute atomic E-state index is 0.204. The van der Waals surface area contributed by atoms with Gasteiger partial charge in [0.05, 0.1) is 17.2 Å². The SMILES string of the molecule is O=C(Nc1n[nH]c(-c2ccncc2)n1)C(Cc1ccccc1)NCc1cscn1. The van der Waals surface area contributed by atoms with Crippen molar-refractivity contribution in [3.8, 4) is 11.4 Å². The largest absolute Gasteiger partial charge is 0.300 e. The maximum Gasteiger partial charge on any atom is 0.249 e. The number of pyridine rings is 1. The quantitative estimate of drug-likeness (QED) is 0.416. The number of hydrogen-bond donors (Lipinski definition) is 3. The first-order valence-corrected chi connectivity index (χ1v) is 10.0. The molecular weight excluding hydrogens is 386 g/mol.